The van der Waals surface area contributed by atoms with E-state index in [-0.39, 0.29) is 30.2 Å². The highest BCUT2D eigenvalue weighted by Crippen LogP contribution is 2.33. The number of carbonyl (C=O) groups excluding carboxylic acids is 1. The van der Waals surface area contributed by atoms with E-state index >= 15 is 0 Å². The number of H-pyrrole nitrogens is 1. The number of nitrogens with one attached hydrogen (secondary N) is 2. The number of fused-ring (bicyclic) bond motifs is 1. The molecule has 3 rings (SSSR count). The highest BCUT2D eigenvalue weighted by Gasteiger charge is 2.18. The molecule has 0 bridgehead atoms. The second-order valence-electron chi connectivity index (χ2n) is 6.67. The monoisotopic (exact) mass is 384 g/mol. The number of hydrogen-bond donors (Lipinski definition) is 2. The van der Waals surface area contributed by atoms with Crippen LogP contribution >= 0.6 is 0 Å². The molecule has 2 aromatic carbocycles. The summed E-state index contributed by atoms with van der Waals surface area (Å²) in [5, 5.41) is 3.11. The van der Waals surface area contributed by atoms with Gasteiger partial charge in [0, 0.05) is 36.0 Å². The standard InChI is InChI=1S/C22H19F3N2O/c1-3-13(2)12-26-20(28)9-8-17-18-10-16(24)11-19(25)22(18)27-21(17)14-4-6-15(23)7-5-14/h1,4-7,10-11,13,27H,8-9,12H2,2H3,(H,26,28). The van der Waals surface area contributed by atoms with Crippen LogP contribution in [0.4, 0.5) is 13.2 Å². The fourth-order valence-corrected chi connectivity index (χ4v) is 3.05. The molecule has 6 heteroatoms. The van der Waals surface area contributed by atoms with Crippen molar-refractivity contribution in [1.82, 2.24) is 10.3 Å². The van der Waals surface area contributed by atoms with E-state index in [0.717, 1.165) is 6.07 Å². The maximum atomic E-state index is 14.2. The lowest BCUT2D eigenvalue weighted by atomic mass is 10.0. The summed E-state index contributed by atoms with van der Waals surface area (Å²) < 4.78 is 41.3. The Labute approximate surface area is 161 Å². The van der Waals surface area contributed by atoms with E-state index in [9.17, 15) is 18.0 Å². The van der Waals surface area contributed by atoms with Gasteiger partial charge in [-0.2, -0.15) is 0 Å². The Morgan fingerprint density at radius 1 is 1.18 bits per heavy atom. The molecule has 0 saturated heterocycles. The van der Waals surface area contributed by atoms with E-state index in [2.05, 4.69) is 16.2 Å². The van der Waals surface area contributed by atoms with Gasteiger partial charge in [-0.15, -0.1) is 12.3 Å². The van der Waals surface area contributed by atoms with E-state index in [1.54, 1.807) is 12.1 Å². The summed E-state index contributed by atoms with van der Waals surface area (Å²) >= 11 is 0. The number of benzene rings is 2. The normalized spacial score (nSPS) is 12.0. The van der Waals surface area contributed by atoms with Crippen molar-refractivity contribution in [3.63, 3.8) is 0 Å². The summed E-state index contributed by atoms with van der Waals surface area (Å²) in [5.41, 5.74) is 1.90. The van der Waals surface area contributed by atoms with Crippen molar-refractivity contribution in [3.8, 4) is 23.6 Å². The Balaban J connectivity index is 1.94. The van der Waals surface area contributed by atoms with Gasteiger partial charge in [0.05, 0.1) is 5.52 Å². The first-order valence-corrected chi connectivity index (χ1v) is 8.87. The molecule has 28 heavy (non-hydrogen) atoms. The number of carbonyl (C=O) groups is 1. The first-order chi connectivity index (χ1) is 13.4. The fourth-order valence-electron chi connectivity index (χ4n) is 3.05. The molecule has 0 spiro atoms. The molecule has 3 aromatic rings. The third kappa shape index (κ3) is 4.20. The lowest BCUT2D eigenvalue weighted by Gasteiger charge is -2.08. The van der Waals surface area contributed by atoms with Gasteiger partial charge < -0.3 is 10.3 Å². The van der Waals surface area contributed by atoms with Crippen molar-refractivity contribution < 1.29 is 18.0 Å². The zero-order valence-corrected chi connectivity index (χ0v) is 15.3. The Morgan fingerprint density at radius 2 is 1.89 bits per heavy atom. The Morgan fingerprint density at radius 3 is 2.57 bits per heavy atom. The highest BCUT2D eigenvalue weighted by atomic mass is 19.1. The van der Waals surface area contributed by atoms with Crippen molar-refractivity contribution in [3.05, 3.63) is 59.4 Å². The zero-order valence-electron chi connectivity index (χ0n) is 15.3. The second-order valence-corrected chi connectivity index (χ2v) is 6.67. The second kappa shape index (κ2) is 8.22. The summed E-state index contributed by atoms with van der Waals surface area (Å²) in [6.07, 6.45) is 5.67. The SMILES string of the molecule is C#CC(C)CNC(=O)CCc1c(-c2ccc(F)cc2)[nH]c2c(F)cc(F)cc12. The van der Waals surface area contributed by atoms with Crippen LogP contribution < -0.4 is 5.32 Å². The van der Waals surface area contributed by atoms with Crippen molar-refractivity contribution in [2.75, 3.05) is 6.54 Å². The van der Waals surface area contributed by atoms with E-state index < -0.39 is 17.5 Å². The largest absolute Gasteiger partial charge is 0.355 e. The molecular formula is C22H19F3N2O. The molecule has 1 heterocycles. The molecule has 1 unspecified atom stereocenters. The van der Waals surface area contributed by atoms with Crippen LogP contribution in [0.15, 0.2) is 36.4 Å². The molecule has 0 radical (unpaired) electrons. The molecule has 0 aliphatic carbocycles. The van der Waals surface area contributed by atoms with Gasteiger partial charge in [0.15, 0.2) is 0 Å². The summed E-state index contributed by atoms with van der Waals surface area (Å²) in [6, 6.07) is 7.70. The lowest BCUT2D eigenvalue weighted by molar-refractivity contribution is -0.121. The molecule has 0 saturated carbocycles. The molecule has 0 aliphatic rings. The molecule has 144 valence electrons. The molecule has 1 amide bonds. The van der Waals surface area contributed by atoms with Crippen LogP contribution in [-0.2, 0) is 11.2 Å². The number of aryl methyl sites for hydroxylation is 1. The number of amides is 1. The fraction of sp³-hybridized carbons (Fsp3) is 0.227. The van der Waals surface area contributed by atoms with Crippen LogP contribution in [-0.4, -0.2) is 17.4 Å². The highest BCUT2D eigenvalue weighted by molar-refractivity contribution is 5.92. The minimum atomic E-state index is -0.725. The van der Waals surface area contributed by atoms with E-state index in [1.165, 1.54) is 18.2 Å². The Bertz CT molecular complexity index is 1050. The molecule has 0 aliphatic heterocycles. The van der Waals surface area contributed by atoms with E-state index in [1.807, 2.05) is 6.92 Å². The van der Waals surface area contributed by atoms with Crippen LogP contribution in [0.1, 0.15) is 18.9 Å². The summed E-state index contributed by atoms with van der Waals surface area (Å²) in [5.74, 6) is 0.398. The van der Waals surface area contributed by atoms with E-state index in [4.69, 9.17) is 6.42 Å². The molecule has 1 atom stereocenters. The third-order valence-electron chi connectivity index (χ3n) is 4.56. The quantitative estimate of drug-likeness (QED) is 0.601. The number of terminal acetylenes is 1. The first-order valence-electron chi connectivity index (χ1n) is 8.87. The molecule has 1 aromatic heterocycles. The van der Waals surface area contributed by atoms with Crippen LogP contribution in [0.2, 0.25) is 0 Å². The van der Waals surface area contributed by atoms with Crippen LogP contribution in [0.5, 0.6) is 0 Å². The van der Waals surface area contributed by atoms with Crippen LogP contribution in [0, 0.1) is 35.7 Å². The predicted octanol–water partition coefficient (Wildman–Crippen LogP) is 4.57. The van der Waals surface area contributed by atoms with Gasteiger partial charge in [-0.25, -0.2) is 13.2 Å². The molecule has 0 fully saturated rings. The van der Waals surface area contributed by atoms with Gasteiger partial charge >= 0.3 is 0 Å². The Kier molecular flexibility index (Phi) is 5.74. The Hall–Kier alpha value is -3.20. The van der Waals surface area contributed by atoms with Gasteiger partial charge in [-0.3, -0.25) is 4.79 Å². The smallest absolute Gasteiger partial charge is 0.220 e. The number of halogens is 3. The van der Waals surface area contributed by atoms with Crippen molar-refractivity contribution >= 4 is 16.8 Å². The summed E-state index contributed by atoms with van der Waals surface area (Å²) in [7, 11) is 0. The lowest BCUT2D eigenvalue weighted by Crippen LogP contribution is -2.27. The van der Waals surface area contributed by atoms with Gasteiger partial charge in [0.2, 0.25) is 5.91 Å². The van der Waals surface area contributed by atoms with Gasteiger partial charge in [-0.05, 0) is 54.8 Å². The average molecular weight is 384 g/mol. The maximum Gasteiger partial charge on any atom is 0.220 e. The first kappa shape index (κ1) is 19.6. The minimum Gasteiger partial charge on any atom is -0.355 e. The van der Waals surface area contributed by atoms with Gasteiger partial charge in [0.1, 0.15) is 17.5 Å². The summed E-state index contributed by atoms with van der Waals surface area (Å²) in [4.78, 5) is 15.1. The van der Waals surface area contributed by atoms with Crippen molar-refractivity contribution in [1.29, 1.82) is 0 Å². The number of rotatable bonds is 6. The zero-order chi connectivity index (χ0) is 20.3. The van der Waals surface area contributed by atoms with Crippen LogP contribution in [0.3, 0.4) is 0 Å². The van der Waals surface area contributed by atoms with E-state index in [0.29, 0.717) is 28.8 Å². The average Bonchev–Trinajstić information content (AvgIpc) is 3.03. The molecule has 3 nitrogen and oxygen atoms in total. The van der Waals surface area contributed by atoms with Crippen molar-refractivity contribution in [2.24, 2.45) is 5.92 Å². The third-order valence-corrected chi connectivity index (χ3v) is 4.56. The maximum absolute atomic E-state index is 14.2. The number of hydrogen-bond acceptors (Lipinski definition) is 1. The number of aromatic nitrogens is 1. The van der Waals surface area contributed by atoms with Gasteiger partial charge in [0.25, 0.3) is 0 Å². The molecular weight excluding hydrogens is 365 g/mol. The molecule has 2 N–H and O–H groups in total. The summed E-state index contributed by atoms with van der Waals surface area (Å²) in [6.45, 7) is 2.18. The topological polar surface area (TPSA) is 44.9 Å². The predicted molar refractivity (Wildman–Crippen MR) is 103 cm³/mol. The van der Waals surface area contributed by atoms with Crippen molar-refractivity contribution in [2.45, 2.75) is 19.8 Å². The minimum absolute atomic E-state index is 0.0880. The van der Waals surface area contributed by atoms with Gasteiger partial charge in [-0.1, -0.05) is 0 Å². The van der Waals surface area contributed by atoms with Crippen LogP contribution in [0.25, 0.3) is 22.2 Å². The number of aromatic amines is 1.